The predicted octanol–water partition coefficient (Wildman–Crippen LogP) is 7.74. The Kier molecular flexibility index (Phi) is 4.01. The second kappa shape index (κ2) is 6.30. The molecule has 0 aliphatic rings. The van der Waals surface area contributed by atoms with Gasteiger partial charge in [0.15, 0.2) is 0 Å². The Balaban J connectivity index is 2.04. The van der Waals surface area contributed by atoms with E-state index in [-0.39, 0.29) is 5.41 Å². The van der Waals surface area contributed by atoms with Crippen LogP contribution in [0.25, 0.3) is 43.4 Å². The molecule has 0 aliphatic carbocycles. The zero-order valence-electron chi connectivity index (χ0n) is 18.5. The number of hydrogen-bond donors (Lipinski definition) is 1. The van der Waals surface area contributed by atoms with Crippen LogP contribution in [0, 0.1) is 0 Å². The van der Waals surface area contributed by atoms with Gasteiger partial charge in [0.05, 0.1) is 0 Å². The Morgan fingerprint density at radius 1 is 0.600 bits per heavy atom. The van der Waals surface area contributed by atoms with Crippen LogP contribution < -0.4 is 5.73 Å². The minimum absolute atomic E-state index is 0.0435. The molecule has 1 heteroatoms. The highest BCUT2D eigenvalue weighted by atomic mass is 14.7. The molecule has 2 N–H and O–H groups in total. The fourth-order valence-electron chi connectivity index (χ4n) is 4.94. The largest absolute Gasteiger partial charge is 0.322 e. The Hall–Kier alpha value is -2.90. The average Bonchev–Trinajstić information content (AvgIpc) is 2.70. The van der Waals surface area contributed by atoms with Crippen molar-refractivity contribution < 1.29 is 0 Å². The monoisotopic (exact) mass is 391 g/mol. The van der Waals surface area contributed by atoms with E-state index in [9.17, 15) is 0 Å². The molecule has 0 heterocycles. The summed E-state index contributed by atoms with van der Waals surface area (Å²) >= 11 is 0. The quantitative estimate of drug-likeness (QED) is 0.306. The van der Waals surface area contributed by atoms with E-state index in [2.05, 4.69) is 107 Å². The number of hydrogen-bond acceptors (Lipinski definition) is 1. The van der Waals surface area contributed by atoms with Gasteiger partial charge in [0.25, 0.3) is 0 Å². The van der Waals surface area contributed by atoms with Crippen molar-refractivity contribution in [3.63, 3.8) is 0 Å². The molecular weight excluding hydrogens is 362 g/mol. The second-order valence-corrected chi connectivity index (χ2v) is 10.2. The van der Waals surface area contributed by atoms with E-state index in [0.717, 1.165) is 0 Å². The van der Waals surface area contributed by atoms with Gasteiger partial charge in [0, 0.05) is 5.54 Å². The summed E-state index contributed by atoms with van der Waals surface area (Å²) in [6, 6.07) is 26.8. The Bertz CT molecular complexity index is 1380. The van der Waals surface area contributed by atoms with Crippen molar-refractivity contribution in [2.75, 3.05) is 0 Å². The molecule has 0 aromatic heterocycles. The third kappa shape index (κ3) is 2.80. The maximum atomic E-state index is 6.58. The van der Waals surface area contributed by atoms with Crippen LogP contribution in [0.15, 0.2) is 72.8 Å². The van der Waals surface area contributed by atoms with Gasteiger partial charge in [-0.05, 0) is 79.9 Å². The summed E-state index contributed by atoms with van der Waals surface area (Å²) in [5, 5.41) is 7.91. The molecule has 30 heavy (non-hydrogen) atoms. The third-order valence-electron chi connectivity index (χ3n) is 6.37. The summed E-state index contributed by atoms with van der Waals surface area (Å²) in [6.45, 7) is 11.1. The first-order chi connectivity index (χ1) is 14.2. The van der Waals surface area contributed by atoms with Gasteiger partial charge in [-0.15, -0.1) is 0 Å². The Labute approximate surface area is 178 Å². The van der Waals surface area contributed by atoms with E-state index in [4.69, 9.17) is 5.73 Å². The van der Waals surface area contributed by atoms with Crippen molar-refractivity contribution in [3.8, 4) is 11.1 Å². The normalized spacial score (nSPS) is 13.0. The van der Waals surface area contributed by atoms with Gasteiger partial charge < -0.3 is 5.73 Å². The molecule has 5 aromatic rings. The molecule has 0 bridgehead atoms. The zero-order valence-corrected chi connectivity index (χ0v) is 18.5. The molecule has 0 saturated heterocycles. The van der Waals surface area contributed by atoms with Crippen molar-refractivity contribution in [3.05, 3.63) is 83.9 Å². The van der Waals surface area contributed by atoms with E-state index in [0.29, 0.717) is 0 Å². The highest BCUT2D eigenvalue weighted by molar-refractivity contribution is 6.26. The minimum Gasteiger partial charge on any atom is -0.322 e. The second-order valence-electron chi connectivity index (χ2n) is 10.2. The van der Waals surface area contributed by atoms with Gasteiger partial charge in [-0.2, -0.15) is 0 Å². The minimum atomic E-state index is -0.391. The van der Waals surface area contributed by atoms with Crippen LogP contribution in [0.3, 0.4) is 0 Å². The lowest BCUT2D eigenvalue weighted by Gasteiger charge is -2.27. The summed E-state index contributed by atoms with van der Waals surface area (Å²) in [5.41, 5.74) is 11.4. The first-order valence-corrected chi connectivity index (χ1v) is 10.8. The standard InChI is InChI=1S/C29H29N/c1-28(2,3)25-17-23(18-9-7-6-8-10-18)20-14-15-21-24(29(4,5)30)16-12-19-11-13-22(25)27(20)26(19)21/h6-17H,30H2,1-5H3. The average molecular weight is 392 g/mol. The molecular formula is C29H29N. The van der Waals surface area contributed by atoms with Crippen molar-refractivity contribution in [2.45, 2.75) is 45.6 Å². The first-order valence-electron chi connectivity index (χ1n) is 10.8. The molecule has 5 rings (SSSR count). The molecule has 5 aromatic carbocycles. The zero-order chi connectivity index (χ0) is 21.3. The van der Waals surface area contributed by atoms with Gasteiger partial charge in [-0.3, -0.25) is 0 Å². The van der Waals surface area contributed by atoms with Crippen molar-refractivity contribution in [1.82, 2.24) is 0 Å². The van der Waals surface area contributed by atoms with E-state index in [1.54, 1.807) is 0 Å². The smallest absolute Gasteiger partial charge is 0.0358 e. The summed E-state index contributed by atoms with van der Waals surface area (Å²) in [5.74, 6) is 0. The van der Waals surface area contributed by atoms with E-state index >= 15 is 0 Å². The van der Waals surface area contributed by atoms with E-state index in [1.807, 2.05) is 0 Å². The van der Waals surface area contributed by atoms with Crippen LogP contribution in [0.2, 0.25) is 0 Å². The van der Waals surface area contributed by atoms with Crippen LogP contribution >= 0.6 is 0 Å². The lowest BCUT2D eigenvalue weighted by atomic mass is 9.78. The molecule has 0 radical (unpaired) electrons. The van der Waals surface area contributed by atoms with Crippen LogP contribution in [0.5, 0.6) is 0 Å². The molecule has 1 nitrogen and oxygen atoms in total. The lowest BCUT2D eigenvalue weighted by Crippen LogP contribution is -2.28. The Morgan fingerprint density at radius 2 is 1.20 bits per heavy atom. The molecule has 0 saturated carbocycles. The maximum absolute atomic E-state index is 6.58. The summed E-state index contributed by atoms with van der Waals surface area (Å²) in [4.78, 5) is 0. The number of rotatable bonds is 2. The van der Waals surface area contributed by atoms with Crippen molar-refractivity contribution in [2.24, 2.45) is 5.73 Å². The fraction of sp³-hybridized carbons (Fsp3) is 0.241. The maximum Gasteiger partial charge on any atom is 0.0358 e. The highest BCUT2D eigenvalue weighted by Gasteiger charge is 2.24. The fourth-order valence-corrected chi connectivity index (χ4v) is 4.94. The molecule has 0 aliphatic heterocycles. The summed E-state index contributed by atoms with van der Waals surface area (Å²) < 4.78 is 0. The first kappa shape index (κ1) is 19.1. The van der Waals surface area contributed by atoms with Crippen LogP contribution in [0.4, 0.5) is 0 Å². The van der Waals surface area contributed by atoms with Gasteiger partial charge in [-0.1, -0.05) is 87.5 Å². The van der Waals surface area contributed by atoms with Gasteiger partial charge in [0.2, 0.25) is 0 Å². The number of nitrogens with two attached hydrogens (primary N) is 1. The molecule has 0 atom stereocenters. The molecule has 0 spiro atoms. The molecule has 0 fully saturated rings. The molecule has 0 amide bonds. The van der Waals surface area contributed by atoms with Gasteiger partial charge in [-0.25, -0.2) is 0 Å². The van der Waals surface area contributed by atoms with Crippen molar-refractivity contribution >= 4 is 32.3 Å². The Morgan fingerprint density at radius 3 is 1.87 bits per heavy atom. The summed E-state index contributed by atoms with van der Waals surface area (Å²) in [6.07, 6.45) is 0. The number of benzene rings is 5. The van der Waals surface area contributed by atoms with Gasteiger partial charge in [0.1, 0.15) is 0 Å². The SMILES string of the molecule is CC(C)(C)c1cc(-c2ccccc2)c2ccc3c(C(C)(C)N)ccc4ccc1c2c43. The van der Waals surface area contributed by atoms with E-state index < -0.39 is 5.54 Å². The molecule has 0 unspecified atom stereocenters. The van der Waals surface area contributed by atoms with E-state index in [1.165, 1.54) is 54.6 Å². The predicted molar refractivity (Wildman–Crippen MR) is 131 cm³/mol. The molecule has 150 valence electrons. The van der Waals surface area contributed by atoms with Gasteiger partial charge >= 0.3 is 0 Å². The van der Waals surface area contributed by atoms with Crippen LogP contribution in [-0.4, -0.2) is 0 Å². The topological polar surface area (TPSA) is 26.0 Å². The van der Waals surface area contributed by atoms with Crippen molar-refractivity contribution in [1.29, 1.82) is 0 Å². The third-order valence-corrected chi connectivity index (χ3v) is 6.37. The highest BCUT2D eigenvalue weighted by Crippen LogP contribution is 2.45. The lowest BCUT2D eigenvalue weighted by molar-refractivity contribution is 0.560. The summed E-state index contributed by atoms with van der Waals surface area (Å²) in [7, 11) is 0. The van der Waals surface area contributed by atoms with Crippen LogP contribution in [0.1, 0.15) is 45.7 Å². The van der Waals surface area contributed by atoms with Crippen LogP contribution in [-0.2, 0) is 11.0 Å².